The van der Waals surface area contributed by atoms with Gasteiger partial charge in [-0.05, 0) is 59.9 Å². The zero-order valence-corrected chi connectivity index (χ0v) is 28.9. The van der Waals surface area contributed by atoms with Crippen LogP contribution >= 0.6 is 11.8 Å². The molecule has 0 spiro atoms. The van der Waals surface area contributed by atoms with E-state index in [1.54, 1.807) is 43.5 Å². The number of carbonyl (C=O) groups is 1. The number of carbonyl (C=O) groups excluding carboxylic acids is 1. The van der Waals surface area contributed by atoms with Crippen LogP contribution in [0.25, 0.3) is 22.0 Å². The number of pyridine rings is 1. The predicted molar refractivity (Wildman–Crippen MR) is 193 cm³/mol. The normalized spacial score (nSPS) is 15.9. The molecule has 0 saturated carbocycles. The summed E-state index contributed by atoms with van der Waals surface area (Å²) >= 11 is 0.281. The van der Waals surface area contributed by atoms with Crippen LogP contribution in [0.5, 0.6) is 0 Å². The van der Waals surface area contributed by atoms with E-state index in [1.807, 2.05) is 0 Å². The molecule has 1 fully saturated rings. The maximum Gasteiger partial charge on any atom is 0.416 e. The van der Waals surface area contributed by atoms with Crippen molar-refractivity contribution in [2.24, 2.45) is 0 Å². The number of thioether (sulfide) groups is 1. The number of hydrogen-bond donors (Lipinski definition) is 0. The van der Waals surface area contributed by atoms with Gasteiger partial charge < -0.3 is 19.1 Å². The lowest BCUT2D eigenvalue weighted by molar-refractivity contribution is -0.137. The molecule has 0 atom stereocenters. The zero-order valence-electron chi connectivity index (χ0n) is 32.1. The van der Waals surface area contributed by atoms with Gasteiger partial charge in [-0.1, -0.05) is 60.7 Å². The maximum absolute atomic E-state index is 14.9. The summed E-state index contributed by atoms with van der Waals surface area (Å²) in [6.45, 7) is -0.635. The highest BCUT2D eigenvalue weighted by Crippen LogP contribution is 2.32. The monoisotopic (exact) mass is 739 g/mol. The summed E-state index contributed by atoms with van der Waals surface area (Å²) in [4.78, 5) is 31.8. The highest BCUT2D eigenvalue weighted by atomic mass is 32.2. The van der Waals surface area contributed by atoms with Crippen LogP contribution in [0, 0.1) is 11.6 Å². The van der Waals surface area contributed by atoms with Gasteiger partial charge in [0.1, 0.15) is 6.50 Å². The second-order valence-corrected chi connectivity index (χ2v) is 13.2. The fraction of sp³-hybridized carbons (Fsp3) is 0.300. The lowest BCUT2D eigenvalue weighted by atomic mass is 10.00. The van der Waals surface area contributed by atoms with Crippen molar-refractivity contribution in [3.8, 4) is 11.1 Å². The molecule has 6 rings (SSSR count). The second kappa shape index (κ2) is 16.4. The number of methoxy groups -OCH3 is 1. The number of rotatable bonds is 12. The number of fused-ring (bicyclic) bond motifs is 1. The number of amides is 1. The van der Waals surface area contributed by atoms with E-state index in [9.17, 15) is 34.3 Å². The van der Waals surface area contributed by atoms with Crippen LogP contribution in [0.15, 0.2) is 107 Å². The SMILES string of the molecule is [2H]C([2H])(Sc1cc(=O)c2ccccc2n1C([2H])([2H])C(=O)N(Cc1ccc(-c2ccc(C(F)(F)F)cc2)cc1)C1CCN(CCOC)CC1)c1cccc(F)c1F. The zero-order chi connectivity index (χ0) is 40.4. The molecule has 272 valence electrons. The van der Waals surface area contributed by atoms with Gasteiger partial charge in [-0.25, -0.2) is 8.78 Å². The van der Waals surface area contributed by atoms with Crippen molar-refractivity contribution in [2.45, 2.75) is 48.8 Å². The molecule has 1 saturated heterocycles. The molecular weight excluding hydrogens is 698 g/mol. The summed E-state index contributed by atoms with van der Waals surface area (Å²) in [5.41, 5.74) is -2.96. The molecule has 1 aliphatic rings. The highest BCUT2D eigenvalue weighted by molar-refractivity contribution is 7.98. The summed E-state index contributed by atoms with van der Waals surface area (Å²) < 4.78 is 111. The van der Waals surface area contributed by atoms with Crippen LogP contribution in [0.4, 0.5) is 22.0 Å². The number of ether oxygens (including phenoxy) is 1. The second-order valence-electron chi connectivity index (χ2n) is 12.4. The molecule has 2 heterocycles. The maximum atomic E-state index is 14.9. The fourth-order valence-corrected chi connectivity index (χ4v) is 6.96. The van der Waals surface area contributed by atoms with Crippen LogP contribution in [-0.2, 0) is 34.5 Å². The summed E-state index contributed by atoms with van der Waals surface area (Å²) in [6, 6.07) is 21.2. The average molecular weight is 740 g/mol. The minimum atomic E-state index is -4.48. The number of likely N-dealkylation sites (tertiary alicyclic amines) is 1. The van der Waals surface area contributed by atoms with E-state index in [-0.39, 0.29) is 34.2 Å². The number of nitrogens with zero attached hydrogens (tertiary/aromatic N) is 3. The molecule has 12 heteroatoms. The fourth-order valence-electron chi connectivity index (χ4n) is 6.18. The minimum Gasteiger partial charge on any atom is -0.383 e. The van der Waals surface area contributed by atoms with Crippen molar-refractivity contribution in [2.75, 3.05) is 33.4 Å². The first kappa shape index (κ1) is 32.2. The Morgan fingerprint density at radius 2 is 1.62 bits per heavy atom. The Bertz CT molecular complexity index is 2250. The third-order valence-corrected chi connectivity index (χ3v) is 9.86. The van der Waals surface area contributed by atoms with Crippen molar-refractivity contribution in [3.05, 3.63) is 136 Å². The van der Waals surface area contributed by atoms with Gasteiger partial charge in [0.15, 0.2) is 17.1 Å². The summed E-state index contributed by atoms with van der Waals surface area (Å²) in [6.07, 6.45) is -3.50. The van der Waals surface area contributed by atoms with E-state index in [0.29, 0.717) is 55.8 Å². The van der Waals surface area contributed by atoms with E-state index in [0.717, 1.165) is 41.0 Å². The first-order valence-corrected chi connectivity index (χ1v) is 17.4. The third-order valence-electron chi connectivity index (χ3n) is 9.03. The Hall–Kier alpha value is -4.52. The third kappa shape index (κ3) is 8.74. The van der Waals surface area contributed by atoms with Gasteiger partial charge in [-0.3, -0.25) is 9.59 Å². The number of halogens is 5. The molecule has 52 heavy (non-hydrogen) atoms. The Kier molecular flexibility index (Phi) is 10.2. The molecule has 5 aromatic rings. The van der Waals surface area contributed by atoms with Crippen molar-refractivity contribution >= 4 is 28.6 Å². The minimum absolute atomic E-state index is 0.00778. The van der Waals surface area contributed by atoms with E-state index in [1.165, 1.54) is 29.2 Å². The van der Waals surface area contributed by atoms with Gasteiger partial charge in [0.05, 0.1) is 25.5 Å². The topological polar surface area (TPSA) is 54.8 Å². The largest absolute Gasteiger partial charge is 0.416 e. The van der Waals surface area contributed by atoms with Gasteiger partial charge >= 0.3 is 6.18 Å². The Labute approximate surface area is 308 Å². The predicted octanol–water partition coefficient (Wildman–Crippen LogP) is 8.40. The van der Waals surface area contributed by atoms with Crippen molar-refractivity contribution < 1.29 is 37.0 Å². The van der Waals surface area contributed by atoms with E-state index < -0.39 is 58.5 Å². The lowest BCUT2D eigenvalue weighted by Crippen LogP contribution is -2.48. The molecule has 0 unspecified atom stereocenters. The van der Waals surface area contributed by atoms with E-state index in [4.69, 9.17) is 7.48 Å². The van der Waals surface area contributed by atoms with Crippen LogP contribution in [-0.4, -0.2) is 59.7 Å². The van der Waals surface area contributed by atoms with Crippen LogP contribution in [0.2, 0.25) is 0 Å². The van der Waals surface area contributed by atoms with Crippen molar-refractivity contribution in [3.63, 3.8) is 0 Å². The Morgan fingerprint density at radius 3 is 2.29 bits per heavy atom. The Balaban J connectivity index is 1.38. The van der Waals surface area contributed by atoms with Crippen molar-refractivity contribution in [1.82, 2.24) is 14.4 Å². The molecule has 1 amide bonds. The van der Waals surface area contributed by atoms with E-state index in [2.05, 4.69) is 4.90 Å². The molecule has 6 nitrogen and oxygen atoms in total. The Morgan fingerprint density at radius 1 is 0.942 bits per heavy atom. The number of hydrogen-bond acceptors (Lipinski definition) is 5. The lowest BCUT2D eigenvalue weighted by Gasteiger charge is -2.39. The number of aromatic nitrogens is 1. The molecule has 1 aromatic heterocycles. The molecular formula is C40H38F5N3O3S. The molecule has 1 aliphatic heterocycles. The van der Waals surface area contributed by atoms with Gasteiger partial charge in [0.25, 0.3) is 0 Å². The smallest absolute Gasteiger partial charge is 0.383 e. The first-order valence-electron chi connectivity index (χ1n) is 18.6. The highest BCUT2D eigenvalue weighted by Gasteiger charge is 2.31. The standard InChI is InChI=1S/C40H38F5N3O3S/c1-51-22-21-46-19-17-32(18-20-46)47(24-27-9-11-28(12-10-27)29-13-15-31(16-14-29)40(43,44)45)37(50)25-48-35-8-3-2-6-33(35)36(49)23-38(48)52-26-30-5-4-7-34(41)39(30)42/h2-16,23,32H,17-22,24-26H2,1H3/i25D2,26D2. The van der Waals surface area contributed by atoms with Crippen LogP contribution in [0.1, 0.15) is 35.0 Å². The molecule has 0 aliphatic carbocycles. The number of piperidine rings is 1. The quantitative estimate of drug-likeness (QED) is 0.0951. The number of benzene rings is 4. The molecule has 4 aromatic carbocycles. The summed E-state index contributed by atoms with van der Waals surface area (Å²) in [5.74, 6) is -3.70. The summed E-state index contributed by atoms with van der Waals surface area (Å²) in [7, 11) is 1.60. The molecule has 0 radical (unpaired) electrons. The van der Waals surface area contributed by atoms with Crippen LogP contribution < -0.4 is 5.43 Å². The molecule has 0 N–H and O–H groups in total. The average Bonchev–Trinajstić information content (AvgIpc) is 3.17. The van der Waals surface area contributed by atoms with Gasteiger partial charge in [-0.15, -0.1) is 11.8 Å². The van der Waals surface area contributed by atoms with Gasteiger partial charge in [0.2, 0.25) is 5.91 Å². The number of alkyl halides is 3. The van der Waals surface area contributed by atoms with Crippen molar-refractivity contribution in [1.29, 1.82) is 0 Å². The van der Waals surface area contributed by atoms with Gasteiger partial charge in [0, 0.05) is 64.8 Å². The first-order chi connectivity index (χ1) is 26.5. The molecule has 0 bridgehead atoms. The number of para-hydroxylation sites is 1. The van der Waals surface area contributed by atoms with E-state index >= 15 is 0 Å². The summed E-state index contributed by atoms with van der Waals surface area (Å²) in [5, 5.41) is -0.265. The van der Waals surface area contributed by atoms with Crippen LogP contribution in [0.3, 0.4) is 0 Å². The van der Waals surface area contributed by atoms with Gasteiger partial charge in [-0.2, -0.15) is 13.2 Å².